The van der Waals surface area contributed by atoms with Crippen molar-refractivity contribution in [3.05, 3.63) is 34.9 Å². The van der Waals surface area contributed by atoms with E-state index in [1.807, 2.05) is 13.0 Å². The minimum Gasteiger partial charge on any atom is -0.392 e. The maximum absolute atomic E-state index is 11.6. The highest BCUT2D eigenvalue weighted by atomic mass is 35.5. The van der Waals surface area contributed by atoms with Crippen LogP contribution in [0.3, 0.4) is 0 Å². The molecule has 0 aromatic heterocycles. The van der Waals surface area contributed by atoms with E-state index in [1.165, 1.54) is 0 Å². The van der Waals surface area contributed by atoms with Crippen molar-refractivity contribution in [3.8, 4) is 0 Å². The highest BCUT2D eigenvalue weighted by Gasteiger charge is 2.15. The van der Waals surface area contributed by atoms with E-state index in [1.54, 1.807) is 19.1 Å². The molecule has 14 heavy (non-hydrogen) atoms. The maximum atomic E-state index is 11.6. The normalized spacial score (nSPS) is 12.6. The van der Waals surface area contributed by atoms with Crippen LogP contribution < -0.4 is 0 Å². The van der Waals surface area contributed by atoms with Crippen molar-refractivity contribution < 1.29 is 9.90 Å². The fourth-order valence-corrected chi connectivity index (χ4v) is 1.39. The number of hydrogen-bond acceptors (Lipinski definition) is 2. The van der Waals surface area contributed by atoms with E-state index >= 15 is 0 Å². The summed E-state index contributed by atoms with van der Waals surface area (Å²) in [4.78, 5) is 11.6. The third-order valence-corrected chi connectivity index (χ3v) is 2.26. The van der Waals surface area contributed by atoms with Crippen LogP contribution in [0.1, 0.15) is 28.4 Å². The first-order valence-corrected chi connectivity index (χ1v) is 4.88. The lowest BCUT2D eigenvalue weighted by Gasteiger charge is -2.08. The lowest BCUT2D eigenvalue weighted by Crippen LogP contribution is -2.13. The fraction of sp³-hybridized carbons (Fsp3) is 0.364. The topological polar surface area (TPSA) is 37.3 Å². The molecule has 1 rings (SSSR count). The second kappa shape index (κ2) is 4.58. The first-order chi connectivity index (χ1) is 6.56. The Hall–Kier alpha value is -0.860. The van der Waals surface area contributed by atoms with Crippen molar-refractivity contribution in [1.29, 1.82) is 0 Å². The molecule has 1 aromatic carbocycles. The number of alkyl halides is 1. The van der Waals surface area contributed by atoms with Crippen LogP contribution in [0.15, 0.2) is 18.2 Å². The van der Waals surface area contributed by atoms with Crippen molar-refractivity contribution in [1.82, 2.24) is 0 Å². The number of rotatable bonds is 3. The van der Waals surface area contributed by atoms with Crippen LogP contribution in [-0.4, -0.2) is 16.3 Å². The molecule has 1 N–H and O–H groups in total. The summed E-state index contributed by atoms with van der Waals surface area (Å²) in [5.41, 5.74) is 2.14. The van der Waals surface area contributed by atoms with E-state index < -0.39 is 5.38 Å². The molecule has 0 heterocycles. The lowest BCUT2D eigenvalue weighted by atomic mass is 10.00. The zero-order valence-corrected chi connectivity index (χ0v) is 9.01. The molecule has 1 aromatic rings. The fourth-order valence-electron chi connectivity index (χ4n) is 1.27. The number of aliphatic hydroxyl groups is 1. The Morgan fingerprint density at radius 2 is 2.21 bits per heavy atom. The molecule has 0 bridgehead atoms. The van der Waals surface area contributed by atoms with Gasteiger partial charge in [0.1, 0.15) is 0 Å². The molecule has 2 nitrogen and oxygen atoms in total. The van der Waals surface area contributed by atoms with Gasteiger partial charge in [-0.2, -0.15) is 0 Å². The number of aliphatic hydroxyl groups excluding tert-OH is 1. The SMILES string of the molecule is Cc1ccc(CO)c(C(=O)C(C)Cl)c1. The number of aryl methyl sites for hydroxylation is 1. The predicted molar refractivity (Wildman–Crippen MR) is 56.7 cm³/mol. The van der Waals surface area contributed by atoms with Gasteiger partial charge < -0.3 is 5.11 Å². The number of halogens is 1. The average molecular weight is 213 g/mol. The largest absolute Gasteiger partial charge is 0.392 e. The first kappa shape index (κ1) is 11.2. The zero-order chi connectivity index (χ0) is 10.7. The van der Waals surface area contributed by atoms with Gasteiger partial charge in [-0.25, -0.2) is 0 Å². The second-order valence-electron chi connectivity index (χ2n) is 3.30. The van der Waals surface area contributed by atoms with E-state index in [-0.39, 0.29) is 12.4 Å². The van der Waals surface area contributed by atoms with Gasteiger partial charge >= 0.3 is 0 Å². The lowest BCUT2D eigenvalue weighted by molar-refractivity contribution is 0.0988. The first-order valence-electron chi connectivity index (χ1n) is 4.45. The number of benzene rings is 1. The van der Waals surface area contributed by atoms with Crippen LogP contribution in [0.5, 0.6) is 0 Å². The summed E-state index contributed by atoms with van der Waals surface area (Å²) in [6.07, 6.45) is 0. The van der Waals surface area contributed by atoms with Crippen LogP contribution in [0.2, 0.25) is 0 Å². The van der Waals surface area contributed by atoms with Gasteiger partial charge in [-0.3, -0.25) is 4.79 Å². The summed E-state index contributed by atoms with van der Waals surface area (Å²) in [6.45, 7) is 3.40. The summed E-state index contributed by atoms with van der Waals surface area (Å²) in [7, 11) is 0. The molecule has 1 unspecified atom stereocenters. The summed E-state index contributed by atoms with van der Waals surface area (Å²) >= 11 is 5.71. The number of carbonyl (C=O) groups is 1. The van der Waals surface area contributed by atoms with Crippen LogP contribution >= 0.6 is 11.6 Å². The third-order valence-electron chi connectivity index (χ3n) is 2.06. The van der Waals surface area contributed by atoms with Gasteiger partial charge in [0.15, 0.2) is 5.78 Å². The second-order valence-corrected chi connectivity index (χ2v) is 3.95. The maximum Gasteiger partial charge on any atom is 0.180 e. The highest BCUT2D eigenvalue weighted by molar-refractivity contribution is 6.33. The van der Waals surface area contributed by atoms with Gasteiger partial charge in [0.2, 0.25) is 0 Å². The van der Waals surface area contributed by atoms with Gasteiger partial charge in [-0.1, -0.05) is 17.7 Å². The van der Waals surface area contributed by atoms with E-state index in [4.69, 9.17) is 16.7 Å². The number of Topliss-reactive ketones (excluding diaryl/α,β-unsaturated/α-hetero) is 1. The average Bonchev–Trinajstić information content (AvgIpc) is 2.16. The van der Waals surface area contributed by atoms with E-state index in [9.17, 15) is 4.79 Å². The molecule has 0 spiro atoms. The van der Waals surface area contributed by atoms with Crippen molar-refractivity contribution in [2.24, 2.45) is 0 Å². The number of carbonyl (C=O) groups excluding carboxylic acids is 1. The Labute approximate surface area is 88.5 Å². The van der Waals surface area contributed by atoms with Gasteiger partial charge in [0.05, 0.1) is 12.0 Å². The monoisotopic (exact) mass is 212 g/mol. The van der Waals surface area contributed by atoms with Gasteiger partial charge in [-0.05, 0) is 25.5 Å². The quantitative estimate of drug-likeness (QED) is 0.617. The van der Waals surface area contributed by atoms with Crippen molar-refractivity contribution in [2.75, 3.05) is 0 Å². The molecule has 0 saturated heterocycles. The Morgan fingerprint density at radius 3 is 2.71 bits per heavy atom. The minimum atomic E-state index is -0.554. The van der Waals surface area contributed by atoms with Crippen LogP contribution in [0, 0.1) is 6.92 Å². The molecule has 0 radical (unpaired) electrons. The van der Waals surface area contributed by atoms with Crippen molar-refractivity contribution >= 4 is 17.4 Å². The Bertz CT molecular complexity index is 345. The molecule has 76 valence electrons. The van der Waals surface area contributed by atoms with Gasteiger partial charge in [-0.15, -0.1) is 11.6 Å². The van der Waals surface area contributed by atoms with Crippen LogP contribution in [0.25, 0.3) is 0 Å². The zero-order valence-electron chi connectivity index (χ0n) is 8.25. The molecular formula is C11H13ClO2. The molecule has 3 heteroatoms. The molecule has 0 amide bonds. The van der Waals surface area contributed by atoms with Gasteiger partial charge in [0, 0.05) is 5.56 Å². The molecule has 1 atom stereocenters. The standard InChI is InChI=1S/C11H13ClO2/c1-7-3-4-9(6-13)10(5-7)11(14)8(2)12/h3-5,8,13H,6H2,1-2H3. The molecule has 0 aliphatic carbocycles. The molecule has 0 aliphatic rings. The molecule has 0 aliphatic heterocycles. The Kier molecular flexibility index (Phi) is 3.67. The molecule has 0 fully saturated rings. The predicted octanol–water partition coefficient (Wildman–Crippen LogP) is 2.30. The summed E-state index contributed by atoms with van der Waals surface area (Å²) in [5, 5.41) is 8.49. The minimum absolute atomic E-state index is 0.134. The summed E-state index contributed by atoms with van der Waals surface area (Å²) in [6, 6.07) is 5.37. The third kappa shape index (κ3) is 2.34. The molecular weight excluding hydrogens is 200 g/mol. The Morgan fingerprint density at radius 1 is 1.57 bits per heavy atom. The van der Waals surface area contributed by atoms with Crippen LogP contribution in [-0.2, 0) is 6.61 Å². The Balaban J connectivity index is 3.17. The number of ketones is 1. The van der Waals surface area contributed by atoms with E-state index in [0.29, 0.717) is 11.1 Å². The van der Waals surface area contributed by atoms with Crippen molar-refractivity contribution in [3.63, 3.8) is 0 Å². The van der Waals surface area contributed by atoms with Crippen molar-refractivity contribution in [2.45, 2.75) is 25.8 Å². The van der Waals surface area contributed by atoms with Gasteiger partial charge in [0.25, 0.3) is 0 Å². The van der Waals surface area contributed by atoms with Crippen LogP contribution in [0.4, 0.5) is 0 Å². The van der Waals surface area contributed by atoms with E-state index in [2.05, 4.69) is 0 Å². The summed E-state index contributed by atoms with van der Waals surface area (Å²) in [5.74, 6) is -0.139. The number of hydrogen-bond donors (Lipinski definition) is 1. The smallest absolute Gasteiger partial charge is 0.180 e. The van der Waals surface area contributed by atoms with E-state index in [0.717, 1.165) is 5.56 Å². The summed E-state index contributed by atoms with van der Waals surface area (Å²) < 4.78 is 0. The highest BCUT2D eigenvalue weighted by Crippen LogP contribution is 2.16. The molecule has 0 saturated carbocycles.